The second-order valence-corrected chi connectivity index (χ2v) is 4.73. The molecule has 0 spiro atoms. The normalized spacial score (nSPS) is 12.9. The molecule has 15 heavy (non-hydrogen) atoms. The van der Waals surface area contributed by atoms with Crippen LogP contribution in [0.4, 0.5) is 0 Å². The van der Waals surface area contributed by atoms with Crippen LogP contribution in [0.5, 0.6) is 0 Å². The monoisotopic (exact) mass is 240 g/mol. The number of carbonyl (C=O) groups excluding carboxylic acids is 1. The van der Waals surface area contributed by atoms with E-state index in [9.17, 15) is 9.00 Å². The van der Waals surface area contributed by atoms with E-state index in [0.717, 1.165) is 0 Å². The van der Waals surface area contributed by atoms with Gasteiger partial charge in [0.15, 0.2) is 5.78 Å². The summed E-state index contributed by atoms with van der Waals surface area (Å²) in [4.78, 5) is 11.5. The van der Waals surface area contributed by atoms with E-state index in [1.54, 1.807) is 24.3 Å². The molecule has 80 valence electrons. The Bertz CT molecular complexity index is 371. The van der Waals surface area contributed by atoms with Crippen LogP contribution >= 0.6 is 12.6 Å². The first-order valence-corrected chi connectivity index (χ1v) is 6.51. The Kier molecular flexibility index (Phi) is 5.36. The van der Waals surface area contributed by atoms with Crippen LogP contribution in [0.2, 0.25) is 0 Å². The van der Waals surface area contributed by atoms with Crippen molar-refractivity contribution >= 4 is 29.2 Å². The molecule has 0 saturated carbocycles. The molecule has 0 N–H and O–H groups in total. The van der Waals surface area contributed by atoms with Crippen molar-refractivity contribution in [1.82, 2.24) is 0 Å². The number of hydrogen-bond donors (Lipinski definition) is 1. The maximum atomic E-state index is 11.5. The van der Waals surface area contributed by atoms with Crippen molar-refractivity contribution in [1.29, 1.82) is 0 Å². The Balaban J connectivity index is 2.60. The summed E-state index contributed by atoms with van der Waals surface area (Å²) < 4.78 is 11.2. The second kappa shape index (κ2) is 6.58. The molecule has 0 amide bonds. The smallest absolute Gasteiger partial charge is 0.186 e. The summed E-state index contributed by atoms with van der Waals surface area (Å²) in [5, 5.41) is 1.42. The van der Waals surface area contributed by atoms with Crippen LogP contribution in [0.15, 0.2) is 41.8 Å². The van der Waals surface area contributed by atoms with Crippen molar-refractivity contribution in [3.05, 3.63) is 47.4 Å². The third-order valence-corrected chi connectivity index (χ3v) is 3.29. The number of benzene rings is 1. The molecular formula is C11H12O2S2. The zero-order valence-corrected chi connectivity index (χ0v) is 9.84. The molecule has 0 radical (unpaired) electrons. The fourth-order valence-corrected chi connectivity index (χ4v) is 2.13. The average Bonchev–Trinajstić information content (AvgIpc) is 2.27. The van der Waals surface area contributed by atoms with Crippen molar-refractivity contribution in [2.75, 3.05) is 11.5 Å². The van der Waals surface area contributed by atoms with Gasteiger partial charge in [-0.1, -0.05) is 30.3 Å². The standard InChI is InChI=1S/C11H12O2S2/c12-11(6-8-15(13)9-7-14)10-4-2-1-3-5-10/h1-6,8,14H,7,9H2/b8-6+. The SMILES string of the molecule is O=C(/C=C/S(=O)CCS)c1ccccc1. The van der Waals surface area contributed by atoms with E-state index in [2.05, 4.69) is 12.6 Å². The van der Waals surface area contributed by atoms with Crippen LogP contribution in [-0.4, -0.2) is 21.5 Å². The minimum absolute atomic E-state index is 0.122. The fourth-order valence-electron chi connectivity index (χ4n) is 0.994. The Hall–Kier alpha value is -0.870. The molecule has 0 saturated heterocycles. The van der Waals surface area contributed by atoms with Crippen LogP contribution < -0.4 is 0 Å². The van der Waals surface area contributed by atoms with Gasteiger partial charge in [0, 0.05) is 33.3 Å². The Morgan fingerprint density at radius 2 is 2.00 bits per heavy atom. The lowest BCUT2D eigenvalue weighted by atomic mass is 10.1. The highest BCUT2D eigenvalue weighted by molar-refractivity contribution is 7.89. The first kappa shape index (κ1) is 12.2. The number of carbonyl (C=O) groups is 1. The lowest BCUT2D eigenvalue weighted by molar-refractivity contribution is 0.104. The highest BCUT2D eigenvalue weighted by Crippen LogP contribution is 2.01. The van der Waals surface area contributed by atoms with E-state index in [4.69, 9.17) is 0 Å². The van der Waals surface area contributed by atoms with Crippen LogP contribution in [0.25, 0.3) is 0 Å². The van der Waals surface area contributed by atoms with Gasteiger partial charge in [0.25, 0.3) is 0 Å². The van der Waals surface area contributed by atoms with Gasteiger partial charge < -0.3 is 0 Å². The van der Waals surface area contributed by atoms with Crippen molar-refractivity contribution in [3.8, 4) is 0 Å². The second-order valence-electron chi connectivity index (χ2n) is 2.84. The van der Waals surface area contributed by atoms with Crippen LogP contribution in [0.1, 0.15) is 10.4 Å². The van der Waals surface area contributed by atoms with E-state index in [1.807, 2.05) is 6.07 Å². The predicted molar refractivity (Wildman–Crippen MR) is 66.8 cm³/mol. The molecule has 0 aliphatic heterocycles. The third kappa shape index (κ3) is 4.44. The highest BCUT2D eigenvalue weighted by Gasteiger charge is 2.00. The predicted octanol–water partition coefficient (Wildman–Crippen LogP) is 2.06. The molecular weight excluding hydrogens is 228 g/mol. The first-order chi connectivity index (χ1) is 7.24. The molecule has 1 atom stereocenters. The fraction of sp³-hybridized carbons (Fsp3) is 0.182. The van der Waals surface area contributed by atoms with E-state index in [1.165, 1.54) is 11.5 Å². The number of allylic oxidation sites excluding steroid dienone is 1. The quantitative estimate of drug-likeness (QED) is 0.485. The molecule has 1 aromatic carbocycles. The van der Waals surface area contributed by atoms with Gasteiger partial charge in [-0.2, -0.15) is 12.6 Å². The zero-order valence-electron chi connectivity index (χ0n) is 8.13. The van der Waals surface area contributed by atoms with Crippen molar-refractivity contribution in [2.24, 2.45) is 0 Å². The lowest BCUT2D eigenvalue weighted by Gasteiger charge is -1.94. The zero-order chi connectivity index (χ0) is 11.1. The number of hydrogen-bond acceptors (Lipinski definition) is 3. The van der Waals surface area contributed by atoms with Gasteiger partial charge in [0.1, 0.15) is 0 Å². The summed E-state index contributed by atoms with van der Waals surface area (Å²) >= 11 is 3.96. The number of ketones is 1. The van der Waals surface area contributed by atoms with Crippen molar-refractivity contribution in [2.45, 2.75) is 0 Å². The van der Waals surface area contributed by atoms with Crippen molar-refractivity contribution < 1.29 is 9.00 Å². The van der Waals surface area contributed by atoms with Crippen LogP contribution in [-0.2, 0) is 10.8 Å². The van der Waals surface area contributed by atoms with E-state index >= 15 is 0 Å². The number of rotatable bonds is 5. The van der Waals surface area contributed by atoms with Crippen molar-refractivity contribution in [3.63, 3.8) is 0 Å². The molecule has 0 fully saturated rings. The molecule has 0 aliphatic carbocycles. The topological polar surface area (TPSA) is 34.1 Å². The third-order valence-electron chi connectivity index (χ3n) is 1.72. The molecule has 0 aliphatic rings. The van der Waals surface area contributed by atoms with Gasteiger partial charge >= 0.3 is 0 Å². The van der Waals surface area contributed by atoms with Gasteiger partial charge in [-0.15, -0.1) is 0 Å². The Morgan fingerprint density at radius 1 is 1.33 bits per heavy atom. The molecule has 1 rings (SSSR count). The molecule has 0 heterocycles. The Labute approximate surface area is 97.3 Å². The highest BCUT2D eigenvalue weighted by atomic mass is 32.2. The van der Waals surface area contributed by atoms with E-state index < -0.39 is 10.8 Å². The summed E-state index contributed by atoms with van der Waals surface area (Å²) in [7, 11) is -1.09. The van der Waals surface area contributed by atoms with Gasteiger partial charge in [-0.05, 0) is 6.08 Å². The van der Waals surface area contributed by atoms with Gasteiger partial charge in [0.2, 0.25) is 0 Å². The van der Waals surface area contributed by atoms with Gasteiger partial charge in [-0.25, -0.2) is 0 Å². The maximum absolute atomic E-state index is 11.5. The van der Waals surface area contributed by atoms with Crippen LogP contribution in [0, 0.1) is 0 Å². The number of thiol groups is 1. The molecule has 1 unspecified atom stereocenters. The first-order valence-electron chi connectivity index (χ1n) is 4.49. The summed E-state index contributed by atoms with van der Waals surface area (Å²) in [6, 6.07) is 8.90. The molecule has 1 aromatic rings. The van der Waals surface area contributed by atoms with Gasteiger partial charge in [0.05, 0.1) is 0 Å². The largest absolute Gasteiger partial charge is 0.289 e. The van der Waals surface area contributed by atoms with Gasteiger partial charge in [-0.3, -0.25) is 9.00 Å². The molecule has 2 nitrogen and oxygen atoms in total. The molecule has 0 aromatic heterocycles. The van der Waals surface area contributed by atoms with E-state index in [-0.39, 0.29) is 5.78 Å². The molecule has 4 heteroatoms. The maximum Gasteiger partial charge on any atom is 0.186 e. The molecule has 0 bridgehead atoms. The Morgan fingerprint density at radius 3 is 2.60 bits per heavy atom. The summed E-state index contributed by atoms with van der Waals surface area (Å²) in [5.41, 5.74) is 0.608. The average molecular weight is 240 g/mol. The summed E-state index contributed by atoms with van der Waals surface area (Å²) in [5.74, 6) is 0.904. The lowest BCUT2D eigenvalue weighted by Crippen LogP contribution is -1.97. The summed E-state index contributed by atoms with van der Waals surface area (Å²) in [6.07, 6.45) is 1.36. The van der Waals surface area contributed by atoms with E-state index in [0.29, 0.717) is 17.1 Å². The summed E-state index contributed by atoms with van der Waals surface area (Å²) in [6.45, 7) is 0. The van der Waals surface area contributed by atoms with Crippen LogP contribution in [0.3, 0.4) is 0 Å². The minimum atomic E-state index is -1.09. The minimum Gasteiger partial charge on any atom is -0.289 e.